The molecule has 0 radical (unpaired) electrons. The molecule has 1 aliphatic rings. The number of nitrogens with zero attached hydrogens (tertiary/aromatic N) is 2. The molecule has 8 heteroatoms. The van der Waals surface area contributed by atoms with Crippen molar-refractivity contribution in [1.29, 1.82) is 0 Å². The minimum atomic E-state index is -3.69. The van der Waals surface area contributed by atoms with Gasteiger partial charge in [0.15, 0.2) is 5.16 Å². The number of imidazole rings is 1. The fourth-order valence-electron chi connectivity index (χ4n) is 3.02. The highest BCUT2D eigenvalue weighted by atomic mass is 32.2. The topological polar surface area (TPSA) is 73.2 Å². The Morgan fingerprint density at radius 1 is 1.22 bits per heavy atom. The van der Waals surface area contributed by atoms with E-state index >= 15 is 0 Å². The van der Waals surface area contributed by atoms with E-state index in [1.807, 2.05) is 25.3 Å². The molecular weight excluding hydrogens is 382 g/mol. The van der Waals surface area contributed by atoms with Crippen molar-refractivity contribution in [2.45, 2.75) is 23.5 Å². The van der Waals surface area contributed by atoms with Crippen LogP contribution in [0.2, 0.25) is 0 Å². The van der Waals surface area contributed by atoms with Gasteiger partial charge in [-0.3, -0.25) is 4.72 Å². The molecule has 0 atom stereocenters. The molecule has 0 amide bonds. The third-order valence-corrected chi connectivity index (χ3v) is 6.74. The number of hydrogen-bond acceptors (Lipinski definition) is 5. The van der Waals surface area contributed by atoms with E-state index in [9.17, 15) is 8.42 Å². The summed E-state index contributed by atoms with van der Waals surface area (Å²) in [5.74, 6) is 1.70. The minimum absolute atomic E-state index is 0.198. The zero-order valence-electron chi connectivity index (χ0n) is 15.0. The molecule has 0 spiro atoms. The van der Waals surface area contributed by atoms with Gasteiger partial charge in [0.25, 0.3) is 10.0 Å². The lowest BCUT2D eigenvalue weighted by atomic mass is 10.1. The molecule has 27 heavy (non-hydrogen) atoms. The molecule has 0 saturated carbocycles. The predicted octanol–water partition coefficient (Wildman–Crippen LogP) is 3.77. The lowest BCUT2D eigenvalue weighted by Crippen LogP contribution is -2.13. The molecule has 0 fully saturated rings. The summed E-state index contributed by atoms with van der Waals surface area (Å²) in [6.45, 7) is 2.77. The van der Waals surface area contributed by atoms with Crippen LogP contribution in [-0.4, -0.2) is 30.8 Å². The average molecular weight is 402 g/mol. The summed E-state index contributed by atoms with van der Waals surface area (Å²) in [7, 11) is -2.13. The van der Waals surface area contributed by atoms with Gasteiger partial charge in [-0.2, -0.15) is 0 Å². The van der Waals surface area contributed by atoms with Gasteiger partial charge in [0.05, 0.1) is 17.7 Å². The molecule has 3 aromatic rings. The highest BCUT2D eigenvalue weighted by Gasteiger charge is 2.18. The van der Waals surface area contributed by atoms with Crippen LogP contribution in [-0.2, 0) is 16.6 Å². The Morgan fingerprint density at radius 2 is 2.07 bits per heavy atom. The smallest absolute Gasteiger partial charge is 0.261 e. The standard InChI is InChI=1S/C19H19N3O3S2/c1-13-10-16(6-7-18(13)25-2)27(23,24)21-15-5-3-4-14(11-15)17-12-22-8-9-26-19(22)20-17/h3-7,10-12,21H,8-9H2,1-2H3. The lowest BCUT2D eigenvalue weighted by Gasteiger charge is -2.11. The summed E-state index contributed by atoms with van der Waals surface area (Å²) in [6.07, 6.45) is 2.01. The van der Waals surface area contributed by atoms with Crippen LogP contribution in [0.3, 0.4) is 0 Å². The summed E-state index contributed by atoms with van der Waals surface area (Å²) in [4.78, 5) is 4.82. The number of nitrogens with one attached hydrogen (secondary N) is 1. The van der Waals surface area contributed by atoms with Gasteiger partial charge in [-0.05, 0) is 42.8 Å². The van der Waals surface area contributed by atoms with Crippen LogP contribution in [0.25, 0.3) is 11.3 Å². The molecule has 1 N–H and O–H groups in total. The highest BCUT2D eigenvalue weighted by Crippen LogP contribution is 2.30. The largest absolute Gasteiger partial charge is 0.496 e. The summed E-state index contributed by atoms with van der Waals surface area (Å²) in [5.41, 5.74) is 2.99. The first-order valence-corrected chi connectivity index (χ1v) is 10.9. The second kappa shape index (κ2) is 6.94. The zero-order valence-corrected chi connectivity index (χ0v) is 16.6. The lowest BCUT2D eigenvalue weighted by molar-refractivity contribution is 0.411. The first-order chi connectivity index (χ1) is 13.0. The molecule has 140 valence electrons. The van der Waals surface area contributed by atoms with Crippen molar-refractivity contribution in [3.8, 4) is 17.0 Å². The van der Waals surface area contributed by atoms with Crippen LogP contribution >= 0.6 is 11.8 Å². The highest BCUT2D eigenvalue weighted by molar-refractivity contribution is 7.99. The number of hydrogen-bond donors (Lipinski definition) is 1. The van der Waals surface area contributed by atoms with Crippen LogP contribution in [0.1, 0.15) is 5.56 Å². The molecule has 4 rings (SSSR count). The van der Waals surface area contributed by atoms with Crippen molar-refractivity contribution < 1.29 is 13.2 Å². The predicted molar refractivity (Wildman–Crippen MR) is 107 cm³/mol. The number of ether oxygens (including phenoxy) is 1. The SMILES string of the molecule is COc1ccc(S(=O)(=O)Nc2cccc(-c3cn4c(n3)SCC4)c2)cc1C. The summed E-state index contributed by atoms with van der Waals surface area (Å²) in [6, 6.07) is 12.1. The fraction of sp³-hybridized carbons (Fsp3) is 0.211. The number of rotatable bonds is 5. The van der Waals surface area contributed by atoms with Crippen molar-refractivity contribution >= 4 is 27.5 Å². The van der Waals surface area contributed by atoms with E-state index in [1.165, 1.54) is 6.07 Å². The molecule has 1 aromatic heterocycles. The number of aromatic nitrogens is 2. The van der Waals surface area contributed by atoms with Gasteiger partial charge in [-0.15, -0.1) is 0 Å². The Morgan fingerprint density at radius 3 is 2.81 bits per heavy atom. The third kappa shape index (κ3) is 3.54. The quantitative estimate of drug-likeness (QED) is 0.704. The van der Waals surface area contributed by atoms with Gasteiger partial charge in [-0.25, -0.2) is 13.4 Å². The Balaban J connectivity index is 1.61. The van der Waals surface area contributed by atoms with Crippen LogP contribution < -0.4 is 9.46 Å². The van der Waals surface area contributed by atoms with Gasteiger partial charge in [0.2, 0.25) is 0 Å². The first-order valence-electron chi connectivity index (χ1n) is 8.44. The molecule has 0 bridgehead atoms. The fourth-order valence-corrected chi connectivity index (χ4v) is 5.10. The van der Waals surface area contributed by atoms with Gasteiger partial charge in [-0.1, -0.05) is 23.9 Å². The van der Waals surface area contributed by atoms with Crippen LogP contribution in [0.5, 0.6) is 5.75 Å². The Labute approximate surface area is 162 Å². The molecule has 0 aliphatic carbocycles. The number of aryl methyl sites for hydroxylation is 2. The normalized spacial score (nSPS) is 13.4. The number of thioether (sulfide) groups is 1. The number of methoxy groups -OCH3 is 1. The van der Waals surface area contributed by atoms with Crippen LogP contribution in [0.4, 0.5) is 5.69 Å². The van der Waals surface area contributed by atoms with Crippen molar-refractivity contribution in [2.75, 3.05) is 17.6 Å². The van der Waals surface area contributed by atoms with Crippen molar-refractivity contribution in [3.05, 3.63) is 54.2 Å². The van der Waals surface area contributed by atoms with Gasteiger partial charge in [0.1, 0.15) is 5.75 Å². The molecule has 0 unspecified atom stereocenters. The molecule has 6 nitrogen and oxygen atoms in total. The maximum atomic E-state index is 12.7. The van der Waals surface area contributed by atoms with Gasteiger partial charge < -0.3 is 9.30 Å². The maximum Gasteiger partial charge on any atom is 0.261 e. The van der Waals surface area contributed by atoms with Crippen molar-refractivity contribution in [2.24, 2.45) is 0 Å². The van der Waals surface area contributed by atoms with E-state index < -0.39 is 10.0 Å². The van der Waals surface area contributed by atoms with E-state index in [1.54, 1.807) is 43.1 Å². The van der Waals surface area contributed by atoms with E-state index in [4.69, 9.17) is 4.74 Å². The average Bonchev–Trinajstić information content (AvgIpc) is 3.23. The van der Waals surface area contributed by atoms with Gasteiger partial charge in [0, 0.05) is 29.7 Å². The third-order valence-electron chi connectivity index (χ3n) is 4.39. The van der Waals surface area contributed by atoms with E-state index in [2.05, 4.69) is 14.3 Å². The molecular formula is C19H19N3O3S2. The molecule has 2 heterocycles. The summed E-state index contributed by atoms with van der Waals surface area (Å²) in [5, 5.41) is 1.00. The number of anilines is 1. The minimum Gasteiger partial charge on any atom is -0.496 e. The molecule has 0 saturated heterocycles. The van der Waals surface area contributed by atoms with E-state index in [-0.39, 0.29) is 4.90 Å². The van der Waals surface area contributed by atoms with E-state index in [0.29, 0.717) is 11.4 Å². The maximum absolute atomic E-state index is 12.7. The Hall–Kier alpha value is -2.45. The monoisotopic (exact) mass is 401 g/mol. The second-order valence-electron chi connectivity index (χ2n) is 6.27. The van der Waals surface area contributed by atoms with Crippen molar-refractivity contribution in [1.82, 2.24) is 9.55 Å². The zero-order chi connectivity index (χ0) is 19.0. The van der Waals surface area contributed by atoms with Crippen LogP contribution in [0.15, 0.2) is 58.7 Å². The number of sulfonamides is 1. The van der Waals surface area contributed by atoms with Crippen LogP contribution in [0, 0.1) is 6.92 Å². The Bertz CT molecular complexity index is 1090. The second-order valence-corrected chi connectivity index (χ2v) is 9.01. The molecule has 1 aliphatic heterocycles. The Kier molecular flexibility index (Phi) is 4.61. The van der Waals surface area contributed by atoms with Gasteiger partial charge >= 0.3 is 0 Å². The molecule has 2 aromatic carbocycles. The first kappa shape index (κ1) is 17.9. The number of fused-ring (bicyclic) bond motifs is 1. The summed E-state index contributed by atoms with van der Waals surface area (Å²) < 4.78 is 35.4. The van der Waals surface area contributed by atoms with Crippen molar-refractivity contribution in [3.63, 3.8) is 0 Å². The number of benzene rings is 2. The van der Waals surface area contributed by atoms with E-state index in [0.717, 1.165) is 34.3 Å². The summed E-state index contributed by atoms with van der Waals surface area (Å²) >= 11 is 1.73.